The summed E-state index contributed by atoms with van der Waals surface area (Å²) in [5.74, 6) is 0.355. The molecule has 0 radical (unpaired) electrons. The van der Waals surface area contributed by atoms with Crippen LogP contribution in [0.2, 0.25) is 0 Å². The molecule has 2 N–H and O–H groups in total. The Morgan fingerprint density at radius 3 is 2.90 bits per heavy atom. The van der Waals surface area contributed by atoms with Gasteiger partial charge in [-0.2, -0.15) is 9.36 Å². The van der Waals surface area contributed by atoms with Gasteiger partial charge in [-0.3, -0.25) is 10.1 Å². The largest absolute Gasteiger partial charge is 0.306 e. The lowest BCUT2D eigenvalue weighted by Crippen LogP contribution is -2.43. The number of piperidine rings is 1. The topological polar surface area (TPSA) is 66.9 Å². The number of amides is 1. The highest BCUT2D eigenvalue weighted by Gasteiger charge is 2.21. The van der Waals surface area contributed by atoms with Crippen LogP contribution in [0.1, 0.15) is 19.3 Å². The summed E-state index contributed by atoms with van der Waals surface area (Å²) in [6.45, 7) is 0.901. The molecule has 2 aromatic rings. The van der Waals surface area contributed by atoms with Crippen LogP contribution in [0.4, 0.5) is 5.95 Å². The number of carbonyl (C=O) groups is 1. The van der Waals surface area contributed by atoms with Gasteiger partial charge in [0.2, 0.25) is 11.9 Å². The molecule has 20 heavy (non-hydrogen) atoms. The van der Waals surface area contributed by atoms with E-state index in [-0.39, 0.29) is 11.9 Å². The van der Waals surface area contributed by atoms with E-state index in [4.69, 9.17) is 0 Å². The molecule has 0 saturated carbocycles. The summed E-state index contributed by atoms with van der Waals surface area (Å²) in [5.41, 5.74) is 1.02. The maximum atomic E-state index is 12.1. The van der Waals surface area contributed by atoms with Gasteiger partial charge >= 0.3 is 0 Å². The van der Waals surface area contributed by atoms with Crippen LogP contribution in [0.5, 0.6) is 0 Å². The number of nitrogens with one attached hydrogen (secondary N) is 2. The molecule has 1 fully saturated rings. The molecule has 6 heteroatoms. The number of rotatable bonds is 3. The molecule has 0 spiro atoms. The summed E-state index contributed by atoms with van der Waals surface area (Å²) in [7, 11) is 0. The van der Waals surface area contributed by atoms with Crippen molar-refractivity contribution in [2.45, 2.75) is 25.3 Å². The van der Waals surface area contributed by atoms with Crippen molar-refractivity contribution in [3.05, 3.63) is 30.3 Å². The summed E-state index contributed by atoms with van der Waals surface area (Å²) in [6.07, 6.45) is 3.10. The lowest BCUT2D eigenvalue weighted by Gasteiger charge is -2.21. The number of carbonyl (C=O) groups excluding carboxylic acids is 1. The molecule has 2 heterocycles. The fraction of sp³-hybridized carbons (Fsp3) is 0.357. The standard InChI is InChI=1S/C14H16N4OS/c19-12(11-8-4-5-9-15-11)16-14-17-13(20-18-14)10-6-2-1-3-7-10/h1-3,6-7,11,15H,4-5,8-9H2,(H,16,18,19). The van der Waals surface area contributed by atoms with Gasteiger partial charge in [0.1, 0.15) is 5.01 Å². The highest BCUT2D eigenvalue weighted by atomic mass is 32.1. The molecule has 1 aliphatic heterocycles. The zero-order chi connectivity index (χ0) is 13.8. The molecular formula is C14H16N4OS. The number of aromatic nitrogens is 2. The number of hydrogen-bond acceptors (Lipinski definition) is 5. The first-order valence-electron chi connectivity index (χ1n) is 6.76. The third-order valence-corrected chi connectivity index (χ3v) is 4.07. The molecule has 0 aliphatic carbocycles. The van der Waals surface area contributed by atoms with Crippen LogP contribution in [-0.2, 0) is 4.79 Å². The second-order valence-electron chi connectivity index (χ2n) is 4.78. The molecule has 1 unspecified atom stereocenters. The zero-order valence-electron chi connectivity index (χ0n) is 11.0. The van der Waals surface area contributed by atoms with Crippen molar-refractivity contribution in [2.75, 3.05) is 11.9 Å². The molecule has 1 aromatic heterocycles. The van der Waals surface area contributed by atoms with Crippen LogP contribution in [0.15, 0.2) is 30.3 Å². The predicted octanol–water partition coefficient (Wildman–Crippen LogP) is 2.29. The fourth-order valence-electron chi connectivity index (χ4n) is 2.25. The van der Waals surface area contributed by atoms with Crippen LogP contribution < -0.4 is 10.6 Å². The van der Waals surface area contributed by atoms with Crippen LogP contribution in [-0.4, -0.2) is 27.9 Å². The summed E-state index contributed by atoms with van der Waals surface area (Å²) in [4.78, 5) is 16.4. The summed E-state index contributed by atoms with van der Waals surface area (Å²) in [6, 6.07) is 9.72. The van der Waals surface area contributed by atoms with Gasteiger partial charge in [-0.1, -0.05) is 36.8 Å². The average Bonchev–Trinajstić information content (AvgIpc) is 2.97. The van der Waals surface area contributed by atoms with E-state index in [1.165, 1.54) is 11.5 Å². The van der Waals surface area contributed by atoms with Gasteiger partial charge in [-0.25, -0.2) is 0 Å². The molecular weight excluding hydrogens is 272 g/mol. The number of anilines is 1. The van der Waals surface area contributed by atoms with Gasteiger partial charge in [0.15, 0.2) is 0 Å². The lowest BCUT2D eigenvalue weighted by atomic mass is 10.0. The monoisotopic (exact) mass is 288 g/mol. The van der Waals surface area contributed by atoms with E-state index in [2.05, 4.69) is 20.0 Å². The van der Waals surface area contributed by atoms with Crippen molar-refractivity contribution in [1.82, 2.24) is 14.7 Å². The molecule has 5 nitrogen and oxygen atoms in total. The fourth-order valence-corrected chi connectivity index (χ4v) is 2.87. The minimum absolute atomic E-state index is 0.0397. The quantitative estimate of drug-likeness (QED) is 0.909. The highest BCUT2D eigenvalue weighted by molar-refractivity contribution is 7.09. The van der Waals surface area contributed by atoms with E-state index in [1.54, 1.807) is 0 Å². The Morgan fingerprint density at radius 1 is 1.30 bits per heavy atom. The van der Waals surface area contributed by atoms with Crippen LogP contribution >= 0.6 is 11.5 Å². The van der Waals surface area contributed by atoms with E-state index >= 15 is 0 Å². The minimum Gasteiger partial charge on any atom is -0.306 e. The van der Waals surface area contributed by atoms with Gasteiger partial charge in [0.05, 0.1) is 6.04 Å². The molecule has 3 rings (SSSR count). The van der Waals surface area contributed by atoms with Crippen LogP contribution in [0.3, 0.4) is 0 Å². The Bertz CT molecular complexity index is 578. The predicted molar refractivity (Wildman–Crippen MR) is 79.6 cm³/mol. The van der Waals surface area contributed by atoms with E-state index in [0.29, 0.717) is 5.95 Å². The SMILES string of the molecule is O=C(Nc1nsc(-c2ccccc2)n1)C1CCCCN1. The molecule has 1 amide bonds. The first kappa shape index (κ1) is 13.2. The number of benzene rings is 1. The van der Waals surface area contributed by atoms with Crippen molar-refractivity contribution in [1.29, 1.82) is 0 Å². The average molecular weight is 288 g/mol. The van der Waals surface area contributed by atoms with Crippen LogP contribution in [0.25, 0.3) is 10.6 Å². The van der Waals surface area contributed by atoms with Crippen molar-refractivity contribution in [3.8, 4) is 10.6 Å². The van der Waals surface area contributed by atoms with Gasteiger partial charge in [0, 0.05) is 5.56 Å². The second kappa shape index (κ2) is 6.11. The normalized spacial score (nSPS) is 18.7. The molecule has 104 valence electrons. The van der Waals surface area contributed by atoms with E-state index in [0.717, 1.165) is 36.4 Å². The lowest BCUT2D eigenvalue weighted by molar-refractivity contribution is -0.118. The molecule has 1 aromatic carbocycles. The Morgan fingerprint density at radius 2 is 2.15 bits per heavy atom. The molecule has 1 atom stereocenters. The van der Waals surface area contributed by atoms with Gasteiger partial charge in [0.25, 0.3) is 0 Å². The summed E-state index contributed by atoms with van der Waals surface area (Å²) >= 11 is 1.30. The van der Waals surface area contributed by atoms with Gasteiger partial charge in [-0.05, 0) is 30.9 Å². The Labute approximate surface area is 121 Å². The van der Waals surface area contributed by atoms with Crippen LogP contribution in [0, 0.1) is 0 Å². The van der Waals surface area contributed by atoms with Crippen molar-refractivity contribution in [3.63, 3.8) is 0 Å². The van der Waals surface area contributed by atoms with E-state index in [1.807, 2.05) is 30.3 Å². The Hall–Kier alpha value is -1.79. The summed E-state index contributed by atoms with van der Waals surface area (Å²) < 4.78 is 4.20. The van der Waals surface area contributed by atoms with E-state index < -0.39 is 0 Å². The van der Waals surface area contributed by atoms with E-state index in [9.17, 15) is 4.79 Å². The molecule has 1 saturated heterocycles. The minimum atomic E-state index is -0.118. The second-order valence-corrected chi connectivity index (χ2v) is 5.53. The Balaban J connectivity index is 1.66. The maximum absolute atomic E-state index is 12.1. The zero-order valence-corrected chi connectivity index (χ0v) is 11.8. The molecule has 1 aliphatic rings. The van der Waals surface area contributed by atoms with Gasteiger partial charge < -0.3 is 5.32 Å². The van der Waals surface area contributed by atoms with Crippen molar-refractivity contribution in [2.24, 2.45) is 0 Å². The highest BCUT2D eigenvalue weighted by Crippen LogP contribution is 2.22. The maximum Gasteiger partial charge on any atom is 0.243 e. The summed E-state index contributed by atoms with van der Waals surface area (Å²) in [5, 5.41) is 6.82. The third kappa shape index (κ3) is 3.02. The first-order chi connectivity index (χ1) is 9.83. The third-order valence-electron chi connectivity index (χ3n) is 3.31. The Kier molecular flexibility index (Phi) is 4.03. The molecule has 0 bridgehead atoms. The number of nitrogens with zero attached hydrogens (tertiary/aromatic N) is 2. The smallest absolute Gasteiger partial charge is 0.243 e. The van der Waals surface area contributed by atoms with Crippen molar-refractivity contribution < 1.29 is 4.79 Å². The van der Waals surface area contributed by atoms with Gasteiger partial charge in [-0.15, -0.1) is 0 Å². The first-order valence-corrected chi connectivity index (χ1v) is 7.53. The number of hydrogen-bond donors (Lipinski definition) is 2. The van der Waals surface area contributed by atoms with Crippen molar-refractivity contribution >= 4 is 23.4 Å².